The van der Waals surface area contributed by atoms with Crippen LogP contribution < -0.4 is 5.32 Å². The zero-order chi connectivity index (χ0) is 17.3. The molecule has 1 amide bonds. The molecule has 1 heterocycles. The van der Waals surface area contributed by atoms with Gasteiger partial charge in [0.2, 0.25) is 5.91 Å². The van der Waals surface area contributed by atoms with Crippen molar-refractivity contribution in [2.75, 3.05) is 5.75 Å². The van der Waals surface area contributed by atoms with E-state index in [4.69, 9.17) is 0 Å². The molecule has 0 fully saturated rings. The predicted molar refractivity (Wildman–Crippen MR) is 107 cm³/mol. The second kappa shape index (κ2) is 9.44. The highest BCUT2D eigenvalue weighted by atomic mass is 32.2. The standard InChI is InChI=1S/C21H21NOS2/c23-20(14-8-15-24-18-11-5-2-6-12-18)22-21(19-13-7-16-25-19)17-9-3-1-4-10-17/h1-7,9-13,16,21H,8,14-15H2,(H,22,23). The van der Waals surface area contributed by atoms with Gasteiger partial charge in [-0.05, 0) is 41.3 Å². The molecule has 1 atom stereocenters. The number of carbonyl (C=O) groups excluding carboxylic acids is 1. The fourth-order valence-electron chi connectivity index (χ4n) is 2.59. The van der Waals surface area contributed by atoms with Gasteiger partial charge in [0.15, 0.2) is 0 Å². The minimum absolute atomic E-state index is 0.0597. The predicted octanol–water partition coefficient (Wildman–Crippen LogP) is 5.53. The van der Waals surface area contributed by atoms with Crippen LogP contribution in [0.15, 0.2) is 83.1 Å². The van der Waals surface area contributed by atoms with Crippen molar-refractivity contribution >= 4 is 29.0 Å². The van der Waals surface area contributed by atoms with Crippen LogP contribution in [0, 0.1) is 0 Å². The Labute approximate surface area is 157 Å². The maximum Gasteiger partial charge on any atom is 0.220 e. The lowest BCUT2D eigenvalue weighted by atomic mass is 10.1. The van der Waals surface area contributed by atoms with Crippen molar-refractivity contribution in [1.82, 2.24) is 5.32 Å². The lowest BCUT2D eigenvalue weighted by Gasteiger charge is -2.18. The van der Waals surface area contributed by atoms with Gasteiger partial charge in [0.25, 0.3) is 0 Å². The number of benzene rings is 2. The first-order valence-corrected chi connectivity index (χ1v) is 10.2. The third-order valence-electron chi connectivity index (χ3n) is 3.83. The minimum Gasteiger partial charge on any atom is -0.344 e. The Kier molecular flexibility index (Phi) is 6.71. The van der Waals surface area contributed by atoms with Gasteiger partial charge in [-0.2, -0.15) is 0 Å². The summed E-state index contributed by atoms with van der Waals surface area (Å²) in [7, 11) is 0. The SMILES string of the molecule is O=C(CCCSc1ccccc1)NC(c1ccccc1)c1cccs1. The van der Waals surface area contributed by atoms with Gasteiger partial charge in [-0.25, -0.2) is 0 Å². The van der Waals surface area contributed by atoms with Crippen molar-refractivity contribution in [1.29, 1.82) is 0 Å². The van der Waals surface area contributed by atoms with E-state index in [-0.39, 0.29) is 11.9 Å². The van der Waals surface area contributed by atoms with Gasteiger partial charge in [-0.3, -0.25) is 4.79 Å². The summed E-state index contributed by atoms with van der Waals surface area (Å²) < 4.78 is 0. The van der Waals surface area contributed by atoms with Crippen LogP contribution in [0.3, 0.4) is 0 Å². The number of hydrogen-bond acceptors (Lipinski definition) is 3. The topological polar surface area (TPSA) is 29.1 Å². The molecule has 4 heteroatoms. The second-order valence-electron chi connectivity index (χ2n) is 5.69. The van der Waals surface area contributed by atoms with E-state index in [1.54, 1.807) is 23.1 Å². The lowest BCUT2D eigenvalue weighted by Crippen LogP contribution is -2.28. The third-order valence-corrected chi connectivity index (χ3v) is 5.86. The van der Waals surface area contributed by atoms with Crippen LogP contribution >= 0.6 is 23.1 Å². The zero-order valence-corrected chi connectivity index (χ0v) is 15.6. The lowest BCUT2D eigenvalue weighted by molar-refractivity contribution is -0.121. The van der Waals surface area contributed by atoms with E-state index in [9.17, 15) is 4.79 Å². The summed E-state index contributed by atoms with van der Waals surface area (Å²) in [6, 6.07) is 24.5. The van der Waals surface area contributed by atoms with Crippen LogP contribution in [-0.2, 0) is 4.79 Å². The smallest absolute Gasteiger partial charge is 0.220 e. The molecule has 1 aromatic heterocycles. The first kappa shape index (κ1) is 17.8. The third kappa shape index (κ3) is 5.48. The van der Waals surface area contributed by atoms with Crippen molar-refractivity contribution in [2.24, 2.45) is 0 Å². The monoisotopic (exact) mass is 367 g/mol. The second-order valence-corrected chi connectivity index (χ2v) is 7.84. The molecule has 0 bridgehead atoms. The number of rotatable bonds is 8. The molecule has 3 rings (SSSR count). The van der Waals surface area contributed by atoms with Crippen LogP contribution in [0.2, 0.25) is 0 Å². The van der Waals surface area contributed by atoms with E-state index in [2.05, 4.69) is 35.6 Å². The molecule has 0 radical (unpaired) electrons. The highest BCUT2D eigenvalue weighted by molar-refractivity contribution is 7.99. The summed E-state index contributed by atoms with van der Waals surface area (Å²) >= 11 is 3.47. The van der Waals surface area contributed by atoms with E-state index in [0.29, 0.717) is 6.42 Å². The molecule has 1 unspecified atom stereocenters. The molecular weight excluding hydrogens is 346 g/mol. The number of thioether (sulfide) groups is 1. The Bertz CT molecular complexity index is 757. The quantitative estimate of drug-likeness (QED) is 0.419. The number of hydrogen-bond donors (Lipinski definition) is 1. The molecule has 0 saturated heterocycles. The summed E-state index contributed by atoms with van der Waals surface area (Å²) in [4.78, 5) is 14.8. The van der Waals surface area contributed by atoms with E-state index < -0.39 is 0 Å². The molecule has 3 aromatic rings. The fraction of sp³-hybridized carbons (Fsp3) is 0.190. The van der Waals surface area contributed by atoms with Gasteiger partial charge in [0, 0.05) is 16.2 Å². The van der Waals surface area contributed by atoms with E-state index in [1.807, 2.05) is 47.8 Å². The zero-order valence-electron chi connectivity index (χ0n) is 13.9. The van der Waals surface area contributed by atoms with Crippen molar-refractivity contribution in [2.45, 2.75) is 23.8 Å². The number of nitrogens with one attached hydrogen (secondary N) is 1. The first-order chi connectivity index (χ1) is 12.3. The van der Waals surface area contributed by atoms with Crippen molar-refractivity contribution in [3.05, 3.63) is 88.6 Å². The van der Waals surface area contributed by atoms with Gasteiger partial charge in [0.05, 0.1) is 6.04 Å². The van der Waals surface area contributed by atoms with Gasteiger partial charge < -0.3 is 5.32 Å². The molecule has 0 aliphatic rings. The normalized spacial score (nSPS) is 11.8. The highest BCUT2D eigenvalue weighted by Crippen LogP contribution is 2.26. The molecule has 0 aliphatic heterocycles. The summed E-state index contributed by atoms with van der Waals surface area (Å²) in [5.74, 6) is 1.06. The number of thiophene rings is 1. The first-order valence-electron chi connectivity index (χ1n) is 8.38. The number of carbonyl (C=O) groups is 1. The molecule has 2 nitrogen and oxygen atoms in total. The molecule has 2 aromatic carbocycles. The highest BCUT2D eigenvalue weighted by Gasteiger charge is 2.17. The summed E-state index contributed by atoms with van der Waals surface area (Å²) in [5.41, 5.74) is 1.12. The van der Waals surface area contributed by atoms with Crippen LogP contribution in [0.4, 0.5) is 0 Å². The van der Waals surface area contributed by atoms with Gasteiger partial charge in [-0.15, -0.1) is 23.1 Å². The molecule has 0 saturated carbocycles. The number of amides is 1. The van der Waals surface area contributed by atoms with E-state index >= 15 is 0 Å². The Morgan fingerprint density at radius 1 is 0.960 bits per heavy atom. The minimum atomic E-state index is -0.0597. The van der Waals surface area contributed by atoms with Crippen LogP contribution in [0.1, 0.15) is 29.3 Å². The van der Waals surface area contributed by atoms with E-state index in [1.165, 1.54) is 9.77 Å². The molecule has 0 spiro atoms. The maximum absolute atomic E-state index is 12.4. The van der Waals surface area contributed by atoms with Crippen LogP contribution in [-0.4, -0.2) is 11.7 Å². The van der Waals surface area contributed by atoms with E-state index in [0.717, 1.165) is 17.7 Å². The summed E-state index contributed by atoms with van der Waals surface area (Å²) in [6.07, 6.45) is 1.42. The molecular formula is C21H21NOS2. The van der Waals surface area contributed by atoms with Crippen molar-refractivity contribution in [3.63, 3.8) is 0 Å². The van der Waals surface area contributed by atoms with Gasteiger partial charge in [-0.1, -0.05) is 54.6 Å². The average molecular weight is 368 g/mol. The average Bonchev–Trinajstić information content (AvgIpc) is 3.19. The molecule has 1 N–H and O–H groups in total. The van der Waals surface area contributed by atoms with Crippen LogP contribution in [0.5, 0.6) is 0 Å². The van der Waals surface area contributed by atoms with Gasteiger partial charge >= 0.3 is 0 Å². The fourth-order valence-corrected chi connectivity index (χ4v) is 4.27. The Morgan fingerprint density at radius 2 is 1.68 bits per heavy atom. The molecule has 128 valence electrons. The van der Waals surface area contributed by atoms with Gasteiger partial charge in [0.1, 0.15) is 0 Å². The Morgan fingerprint density at radius 3 is 2.36 bits per heavy atom. The molecule has 0 aliphatic carbocycles. The maximum atomic E-state index is 12.4. The Balaban J connectivity index is 1.52. The Hall–Kier alpha value is -2.04. The molecule has 25 heavy (non-hydrogen) atoms. The van der Waals surface area contributed by atoms with Crippen molar-refractivity contribution < 1.29 is 4.79 Å². The summed E-state index contributed by atoms with van der Waals surface area (Å²) in [5, 5.41) is 5.25. The summed E-state index contributed by atoms with van der Waals surface area (Å²) in [6.45, 7) is 0. The largest absolute Gasteiger partial charge is 0.344 e. The van der Waals surface area contributed by atoms with Crippen molar-refractivity contribution in [3.8, 4) is 0 Å². The van der Waals surface area contributed by atoms with Crippen LogP contribution in [0.25, 0.3) is 0 Å².